The Morgan fingerprint density at radius 2 is 2.35 bits per heavy atom. The highest BCUT2D eigenvalue weighted by Crippen LogP contribution is 2.18. The molecule has 7 heteroatoms. The van der Waals surface area contributed by atoms with E-state index < -0.39 is 5.91 Å². The van der Waals surface area contributed by atoms with Gasteiger partial charge in [0.05, 0.1) is 24.2 Å². The molecular formula is C16H23N5O2. The molecule has 1 fully saturated rings. The van der Waals surface area contributed by atoms with Gasteiger partial charge < -0.3 is 21.1 Å². The van der Waals surface area contributed by atoms with Crippen LogP contribution in [0.2, 0.25) is 0 Å². The second-order valence-corrected chi connectivity index (χ2v) is 5.37. The minimum absolute atomic E-state index is 0.0682. The van der Waals surface area contributed by atoms with Crippen molar-refractivity contribution in [3.8, 4) is 0 Å². The summed E-state index contributed by atoms with van der Waals surface area (Å²) >= 11 is 0. The first kappa shape index (κ1) is 17.1. The van der Waals surface area contributed by atoms with Crippen LogP contribution in [-0.2, 0) is 9.53 Å². The number of carbonyl (C=O) groups is 1. The van der Waals surface area contributed by atoms with Crippen LogP contribution in [0.5, 0.6) is 0 Å². The number of allylic oxidation sites excluding steroid dienone is 1. The maximum Gasteiger partial charge on any atom is 0.273 e. The normalized spacial score (nSPS) is 19.0. The Morgan fingerprint density at radius 1 is 1.57 bits per heavy atom. The molecule has 0 aromatic carbocycles. The predicted octanol–water partition coefficient (Wildman–Crippen LogP) is 1.34. The Morgan fingerprint density at radius 3 is 2.91 bits per heavy atom. The molecule has 2 heterocycles. The van der Waals surface area contributed by atoms with Crippen LogP contribution in [0.4, 0.5) is 5.69 Å². The third-order valence-electron chi connectivity index (χ3n) is 3.77. The molecule has 7 nitrogen and oxygen atoms in total. The lowest BCUT2D eigenvalue weighted by molar-refractivity contribution is -0.110. The van der Waals surface area contributed by atoms with Gasteiger partial charge in [0.15, 0.2) is 0 Å². The van der Waals surface area contributed by atoms with Crippen LogP contribution in [0.15, 0.2) is 29.6 Å². The topological polar surface area (TPSA) is 113 Å². The summed E-state index contributed by atoms with van der Waals surface area (Å²) in [5.41, 5.74) is 8.04. The lowest BCUT2D eigenvalue weighted by Gasteiger charge is -2.23. The van der Waals surface area contributed by atoms with Gasteiger partial charge in [-0.25, -0.2) is 0 Å². The Labute approximate surface area is 135 Å². The van der Waals surface area contributed by atoms with E-state index >= 15 is 0 Å². The van der Waals surface area contributed by atoms with Crippen molar-refractivity contribution in [1.82, 2.24) is 10.3 Å². The van der Waals surface area contributed by atoms with Crippen molar-refractivity contribution < 1.29 is 9.53 Å². The predicted molar refractivity (Wildman–Crippen MR) is 89.3 cm³/mol. The molecule has 124 valence electrons. The number of carbonyl (C=O) groups excluding carboxylic acids is 1. The van der Waals surface area contributed by atoms with Crippen molar-refractivity contribution in [3.05, 3.63) is 35.3 Å². The number of ether oxygens (including phenoxy) is 1. The first-order valence-electron chi connectivity index (χ1n) is 7.66. The van der Waals surface area contributed by atoms with Crippen LogP contribution >= 0.6 is 0 Å². The molecule has 1 aromatic heterocycles. The van der Waals surface area contributed by atoms with Crippen LogP contribution in [0.1, 0.15) is 32.1 Å². The van der Waals surface area contributed by atoms with Crippen LogP contribution in [0.3, 0.4) is 0 Å². The number of amides is 1. The Kier molecular flexibility index (Phi) is 5.84. The van der Waals surface area contributed by atoms with E-state index in [1.807, 2.05) is 13.0 Å². The van der Waals surface area contributed by atoms with Gasteiger partial charge in [-0.1, -0.05) is 6.92 Å². The fourth-order valence-corrected chi connectivity index (χ4v) is 2.21. The molecule has 1 aromatic rings. The van der Waals surface area contributed by atoms with E-state index in [0.29, 0.717) is 30.0 Å². The number of pyridine rings is 1. The Hall–Kier alpha value is -2.25. The zero-order valence-electron chi connectivity index (χ0n) is 13.5. The number of anilines is 1. The van der Waals surface area contributed by atoms with Gasteiger partial charge in [0.25, 0.3) is 5.91 Å². The number of hydrogen-bond donors (Lipinski definition) is 4. The van der Waals surface area contributed by atoms with E-state index in [-0.39, 0.29) is 11.8 Å². The summed E-state index contributed by atoms with van der Waals surface area (Å²) in [6.07, 6.45) is 2.11. The molecule has 0 radical (unpaired) electrons. The Bertz CT molecular complexity index is 603. The highest BCUT2D eigenvalue weighted by molar-refractivity contribution is 6.47. The molecule has 1 amide bonds. The van der Waals surface area contributed by atoms with Crippen LogP contribution in [-0.4, -0.2) is 36.3 Å². The zero-order chi connectivity index (χ0) is 16.8. The van der Waals surface area contributed by atoms with Gasteiger partial charge in [-0.15, -0.1) is 0 Å². The van der Waals surface area contributed by atoms with Crippen molar-refractivity contribution in [2.24, 2.45) is 5.73 Å². The van der Waals surface area contributed by atoms with Crippen LogP contribution in [0, 0.1) is 5.41 Å². The monoisotopic (exact) mass is 317 g/mol. The van der Waals surface area contributed by atoms with Crippen molar-refractivity contribution >= 4 is 17.3 Å². The number of rotatable bonds is 5. The quantitative estimate of drug-likeness (QED) is 0.612. The second-order valence-electron chi connectivity index (χ2n) is 5.37. The molecule has 1 atom stereocenters. The second kappa shape index (κ2) is 7.85. The fraction of sp³-hybridized carbons (Fsp3) is 0.438. The number of aromatic nitrogens is 1. The summed E-state index contributed by atoms with van der Waals surface area (Å²) in [4.78, 5) is 16.4. The van der Waals surface area contributed by atoms with Gasteiger partial charge in [0.1, 0.15) is 11.8 Å². The molecule has 0 unspecified atom stereocenters. The number of morpholine rings is 1. The third kappa shape index (κ3) is 4.37. The molecule has 2 rings (SSSR count). The van der Waals surface area contributed by atoms with E-state index in [1.54, 1.807) is 19.2 Å². The summed E-state index contributed by atoms with van der Waals surface area (Å²) in [5, 5.41) is 13.8. The van der Waals surface area contributed by atoms with Crippen molar-refractivity contribution in [2.75, 3.05) is 25.0 Å². The highest BCUT2D eigenvalue weighted by Gasteiger charge is 2.17. The molecule has 1 saturated heterocycles. The van der Waals surface area contributed by atoms with Crippen LogP contribution < -0.4 is 16.4 Å². The maximum absolute atomic E-state index is 12.1. The summed E-state index contributed by atoms with van der Waals surface area (Å²) < 4.78 is 5.63. The molecule has 23 heavy (non-hydrogen) atoms. The molecule has 0 saturated carbocycles. The standard InChI is InChI=1S/C16H23N5O2/c1-3-12(17)10(2)15(18)16(22)21-11-4-5-13(20-8-11)14-9-19-6-7-23-14/h4-5,8,14,18-19H,3,6-7,9,17H2,1-2H3,(H,21,22)/t14-/m1/s1. The van der Waals surface area contributed by atoms with Crippen molar-refractivity contribution in [3.63, 3.8) is 0 Å². The van der Waals surface area contributed by atoms with E-state index in [2.05, 4.69) is 15.6 Å². The van der Waals surface area contributed by atoms with E-state index in [4.69, 9.17) is 15.9 Å². The van der Waals surface area contributed by atoms with E-state index in [0.717, 1.165) is 18.8 Å². The number of nitrogens with zero attached hydrogens (tertiary/aromatic N) is 1. The minimum atomic E-state index is -0.496. The largest absolute Gasteiger partial charge is 0.402 e. The van der Waals surface area contributed by atoms with E-state index in [9.17, 15) is 4.79 Å². The molecule has 0 spiro atoms. The lowest BCUT2D eigenvalue weighted by atomic mass is 10.1. The van der Waals surface area contributed by atoms with Gasteiger partial charge in [-0.05, 0) is 31.1 Å². The summed E-state index contributed by atoms with van der Waals surface area (Å²) in [7, 11) is 0. The zero-order valence-corrected chi connectivity index (χ0v) is 13.5. The molecule has 5 N–H and O–H groups in total. The third-order valence-corrected chi connectivity index (χ3v) is 3.77. The Balaban J connectivity index is 2.00. The highest BCUT2D eigenvalue weighted by atomic mass is 16.5. The fourth-order valence-electron chi connectivity index (χ4n) is 2.21. The minimum Gasteiger partial charge on any atom is -0.402 e. The smallest absolute Gasteiger partial charge is 0.273 e. The van der Waals surface area contributed by atoms with Gasteiger partial charge >= 0.3 is 0 Å². The molecule has 1 aliphatic rings. The maximum atomic E-state index is 12.1. The molecule has 1 aliphatic heterocycles. The van der Waals surface area contributed by atoms with E-state index in [1.165, 1.54) is 0 Å². The average Bonchev–Trinajstić information content (AvgIpc) is 2.61. The van der Waals surface area contributed by atoms with Crippen molar-refractivity contribution in [1.29, 1.82) is 5.41 Å². The molecule has 0 bridgehead atoms. The number of nitrogens with two attached hydrogens (primary N) is 1. The van der Waals surface area contributed by atoms with Gasteiger partial charge in [0.2, 0.25) is 0 Å². The summed E-state index contributed by atoms with van der Waals surface area (Å²) in [6.45, 7) is 5.79. The van der Waals surface area contributed by atoms with Gasteiger partial charge in [0, 0.05) is 18.8 Å². The first-order chi connectivity index (χ1) is 11.0. The molecular weight excluding hydrogens is 294 g/mol. The van der Waals surface area contributed by atoms with Crippen LogP contribution in [0.25, 0.3) is 0 Å². The number of hydrogen-bond acceptors (Lipinski definition) is 6. The number of nitrogens with one attached hydrogen (secondary N) is 3. The molecule has 0 aliphatic carbocycles. The first-order valence-corrected chi connectivity index (χ1v) is 7.66. The summed E-state index contributed by atoms with van der Waals surface area (Å²) in [6, 6.07) is 3.58. The van der Waals surface area contributed by atoms with Gasteiger partial charge in [-0.2, -0.15) is 0 Å². The summed E-state index contributed by atoms with van der Waals surface area (Å²) in [5.74, 6) is -0.496. The van der Waals surface area contributed by atoms with Crippen molar-refractivity contribution in [2.45, 2.75) is 26.4 Å². The lowest BCUT2D eigenvalue weighted by Crippen LogP contribution is -2.33. The average molecular weight is 317 g/mol. The SMILES string of the molecule is CCC(N)=C(C)C(=N)C(=O)Nc1ccc([C@H]2CNCCO2)nc1. The van der Waals surface area contributed by atoms with Gasteiger partial charge in [-0.3, -0.25) is 15.2 Å².